The van der Waals surface area contributed by atoms with E-state index in [1.54, 1.807) is 0 Å². The Bertz CT molecular complexity index is 478. The Morgan fingerprint density at radius 3 is 3.00 bits per heavy atom. The maximum absolute atomic E-state index is 13.4. The molecule has 0 radical (unpaired) electrons. The van der Waals surface area contributed by atoms with Crippen LogP contribution in [0.2, 0.25) is 5.02 Å². The molecule has 1 aliphatic heterocycles. The molecule has 3 nitrogen and oxygen atoms in total. The van der Waals surface area contributed by atoms with E-state index in [4.69, 9.17) is 16.7 Å². The fraction of sp³-hybridized carbons (Fsp3) is 0.200. The Morgan fingerprint density at radius 2 is 2.38 bits per heavy atom. The van der Waals surface area contributed by atoms with E-state index in [2.05, 4.69) is 4.99 Å². The minimum atomic E-state index is -0.995. The molecule has 1 aromatic rings. The van der Waals surface area contributed by atoms with Crippen LogP contribution in [0.25, 0.3) is 0 Å². The van der Waals surface area contributed by atoms with Crippen molar-refractivity contribution in [3.05, 3.63) is 34.6 Å². The van der Waals surface area contributed by atoms with Crippen molar-refractivity contribution in [1.82, 2.24) is 0 Å². The second kappa shape index (κ2) is 4.43. The Hall–Kier alpha value is -1.07. The van der Waals surface area contributed by atoms with Crippen LogP contribution in [0, 0.1) is 5.82 Å². The van der Waals surface area contributed by atoms with Crippen molar-refractivity contribution in [2.45, 2.75) is 6.04 Å². The van der Waals surface area contributed by atoms with Gasteiger partial charge in [0.15, 0.2) is 6.04 Å². The van der Waals surface area contributed by atoms with Gasteiger partial charge in [-0.3, -0.25) is 4.99 Å². The van der Waals surface area contributed by atoms with Crippen LogP contribution in [-0.2, 0) is 4.79 Å². The van der Waals surface area contributed by atoms with E-state index in [0.717, 1.165) is 0 Å². The molecule has 1 atom stereocenters. The maximum Gasteiger partial charge on any atom is 0.329 e. The summed E-state index contributed by atoms with van der Waals surface area (Å²) >= 11 is 6.97. The molecule has 84 valence electrons. The lowest BCUT2D eigenvalue weighted by molar-refractivity contribution is -0.137. The van der Waals surface area contributed by atoms with Crippen LogP contribution < -0.4 is 0 Å². The number of carbonyl (C=O) groups is 1. The summed E-state index contributed by atoms with van der Waals surface area (Å²) in [6.07, 6.45) is 0. The molecule has 6 heteroatoms. The van der Waals surface area contributed by atoms with Gasteiger partial charge in [0.2, 0.25) is 0 Å². The van der Waals surface area contributed by atoms with Gasteiger partial charge in [-0.2, -0.15) is 0 Å². The highest BCUT2D eigenvalue weighted by molar-refractivity contribution is 8.14. The van der Waals surface area contributed by atoms with Gasteiger partial charge in [0.05, 0.1) is 0 Å². The number of aliphatic imine (C=N–C) groups is 1. The number of aliphatic carboxylic acids is 1. The van der Waals surface area contributed by atoms with E-state index in [-0.39, 0.29) is 5.56 Å². The van der Waals surface area contributed by atoms with Crippen LogP contribution in [0.4, 0.5) is 4.39 Å². The summed E-state index contributed by atoms with van der Waals surface area (Å²) in [5, 5.41) is 9.56. The van der Waals surface area contributed by atoms with Crippen LogP contribution in [0.3, 0.4) is 0 Å². The lowest BCUT2D eigenvalue weighted by Crippen LogP contribution is -2.17. The number of rotatable bonds is 2. The first-order chi connectivity index (χ1) is 7.58. The van der Waals surface area contributed by atoms with E-state index in [1.165, 1.54) is 30.0 Å². The zero-order valence-electron chi connectivity index (χ0n) is 7.98. The number of hydrogen-bond donors (Lipinski definition) is 1. The van der Waals surface area contributed by atoms with Crippen LogP contribution in [0.5, 0.6) is 0 Å². The molecule has 0 aliphatic carbocycles. The summed E-state index contributed by atoms with van der Waals surface area (Å²) in [4.78, 5) is 14.6. The van der Waals surface area contributed by atoms with Crippen molar-refractivity contribution in [3.63, 3.8) is 0 Å². The van der Waals surface area contributed by atoms with Crippen LogP contribution in [-0.4, -0.2) is 27.9 Å². The van der Waals surface area contributed by atoms with Crippen LogP contribution >= 0.6 is 23.4 Å². The minimum Gasteiger partial charge on any atom is -0.480 e. The zero-order chi connectivity index (χ0) is 11.7. The molecule has 0 saturated heterocycles. The molecule has 0 amide bonds. The zero-order valence-corrected chi connectivity index (χ0v) is 9.56. The van der Waals surface area contributed by atoms with E-state index in [9.17, 15) is 9.18 Å². The number of nitrogens with zero attached hydrogens (tertiary/aromatic N) is 1. The maximum atomic E-state index is 13.4. The van der Waals surface area contributed by atoms with Crippen LogP contribution in [0.15, 0.2) is 23.2 Å². The van der Waals surface area contributed by atoms with Gasteiger partial charge >= 0.3 is 5.97 Å². The van der Waals surface area contributed by atoms with Crippen LogP contribution in [0.1, 0.15) is 5.56 Å². The predicted molar refractivity (Wildman–Crippen MR) is 61.8 cm³/mol. The molecule has 16 heavy (non-hydrogen) atoms. The SMILES string of the molecule is O=C(O)C1CSC(c2cc(Cl)ccc2F)=N1. The molecule has 1 N–H and O–H groups in total. The third-order valence-corrected chi connectivity index (χ3v) is 3.41. The molecule has 1 unspecified atom stereocenters. The van der Waals surface area contributed by atoms with Crippen molar-refractivity contribution in [1.29, 1.82) is 0 Å². The Kier molecular flexibility index (Phi) is 3.16. The summed E-state index contributed by atoms with van der Waals surface area (Å²) in [6.45, 7) is 0. The molecular formula is C10H7ClFNO2S. The quantitative estimate of drug-likeness (QED) is 0.887. The molecule has 1 heterocycles. The van der Waals surface area contributed by atoms with E-state index in [0.29, 0.717) is 15.8 Å². The number of benzene rings is 1. The smallest absolute Gasteiger partial charge is 0.329 e. The first kappa shape index (κ1) is 11.4. The van der Waals surface area contributed by atoms with Crippen molar-refractivity contribution < 1.29 is 14.3 Å². The fourth-order valence-electron chi connectivity index (χ4n) is 1.31. The Balaban J connectivity index is 2.35. The van der Waals surface area contributed by atoms with Gasteiger partial charge in [-0.1, -0.05) is 11.6 Å². The lowest BCUT2D eigenvalue weighted by atomic mass is 10.2. The summed E-state index contributed by atoms with van der Waals surface area (Å²) in [7, 11) is 0. The first-order valence-corrected chi connectivity index (χ1v) is 5.83. The van der Waals surface area contributed by atoms with Crippen molar-refractivity contribution in [2.24, 2.45) is 4.99 Å². The Labute approximate surface area is 100 Å². The van der Waals surface area contributed by atoms with E-state index in [1.807, 2.05) is 0 Å². The van der Waals surface area contributed by atoms with Gasteiger partial charge in [0.25, 0.3) is 0 Å². The molecule has 0 spiro atoms. The molecule has 0 fully saturated rings. The van der Waals surface area contributed by atoms with Crippen molar-refractivity contribution >= 4 is 34.4 Å². The highest BCUT2D eigenvalue weighted by atomic mass is 35.5. The molecular weight excluding hydrogens is 253 g/mol. The summed E-state index contributed by atoms with van der Waals surface area (Å²) in [5.41, 5.74) is 0.265. The van der Waals surface area contributed by atoms with Gasteiger partial charge in [-0.25, -0.2) is 9.18 Å². The number of halogens is 2. The second-order valence-electron chi connectivity index (χ2n) is 3.22. The topological polar surface area (TPSA) is 49.7 Å². The average molecular weight is 260 g/mol. The minimum absolute atomic E-state index is 0.265. The molecule has 0 bridgehead atoms. The third-order valence-electron chi connectivity index (χ3n) is 2.09. The van der Waals surface area contributed by atoms with E-state index < -0.39 is 17.8 Å². The molecule has 2 rings (SSSR count). The molecule has 0 aromatic heterocycles. The summed E-state index contributed by atoms with van der Waals surface area (Å²) in [5.74, 6) is -1.11. The highest BCUT2D eigenvalue weighted by Gasteiger charge is 2.26. The van der Waals surface area contributed by atoms with E-state index >= 15 is 0 Å². The summed E-state index contributed by atoms with van der Waals surface area (Å²) in [6, 6.07) is 3.34. The second-order valence-corrected chi connectivity index (χ2v) is 4.67. The normalized spacial score (nSPS) is 19.6. The van der Waals surface area contributed by atoms with Gasteiger partial charge in [-0.05, 0) is 18.2 Å². The first-order valence-electron chi connectivity index (χ1n) is 4.47. The van der Waals surface area contributed by atoms with Crippen molar-refractivity contribution in [3.8, 4) is 0 Å². The molecule has 1 aliphatic rings. The number of carboxylic acids is 1. The number of carboxylic acid groups (broad SMARTS) is 1. The summed E-state index contributed by atoms with van der Waals surface area (Å²) < 4.78 is 13.4. The Morgan fingerprint density at radius 1 is 1.62 bits per heavy atom. The third kappa shape index (κ3) is 2.20. The standard InChI is InChI=1S/C10H7ClFNO2S/c11-5-1-2-7(12)6(3-5)9-13-8(4-16-9)10(14)15/h1-3,8H,4H2,(H,14,15). The fourth-order valence-corrected chi connectivity index (χ4v) is 2.53. The average Bonchev–Trinajstić information content (AvgIpc) is 2.70. The number of thioether (sulfide) groups is 1. The molecule has 1 aromatic carbocycles. The predicted octanol–water partition coefficient (Wildman–Crippen LogP) is 2.43. The largest absolute Gasteiger partial charge is 0.480 e. The molecule has 0 saturated carbocycles. The monoisotopic (exact) mass is 259 g/mol. The van der Waals surface area contributed by atoms with Gasteiger partial charge in [0, 0.05) is 16.3 Å². The number of hydrogen-bond acceptors (Lipinski definition) is 3. The lowest BCUT2D eigenvalue weighted by Gasteiger charge is -2.01. The highest BCUT2D eigenvalue weighted by Crippen LogP contribution is 2.26. The van der Waals surface area contributed by atoms with Crippen molar-refractivity contribution in [2.75, 3.05) is 5.75 Å². The van der Waals surface area contributed by atoms with Gasteiger partial charge in [0.1, 0.15) is 10.9 Å². The van der Waals surface area contributed by atoms with Gasteiger partial charge < -0.3 is 5.11 Å². The van der Waals surface area contributed by atoms with Gasteiger partial charge in [-0.15, -0.1) is 11.8 Å².